The second-order valence-corrected chi connectivity index (χ2v) is 8.46. The Labute approximate surface area is 184 Å². The Morgan fingerprint density at radius 1 is 1.23 bits per heavy atom. The summed E-state index contributed by atoms with van der Waals surface area (Å²) < 4.78 is 12.3. The van der Waals surface area contributed by atoms with Crippen LogP contribution < -0.4 is 4.74 Å². The summed E-state index contributed by atoms with van der Waals surface area (Å²) in [5, 5.41) is 4.81. The van der Waals surface area contributed by atoms with Crippen LogP contribution in [0.1, 0.15) is 55.4 Å². The number of ether oxygens (including phenoxy) is 2. The molecule has 1 aromatic carbocycles. The van der Waals surface area contributed by atoms with Gasteiger partial charge < -0.3 is 14.4 Å². The molecule has 31 heavy (non-hydrogen) atoms. The van der Waals surface area contributed by atoms with Gasteiger partial charge in [-0.05, 0) is 63.3 Å². The van der Waals surface area contributed by atoms with Crippen molar-refractivity contribution >= 4 is 11.9 Å². The summed E-state index contributed by atoms with van der Waals surface area (Å²) in [5.41, 5.74) is 3.13. The summed E-state index contributed by atoms with van der Waals surface area (Å²) in [7, 11) is 1.63. The molecule has 2 heterocycles. The molecule has 1 atom stereocenters. The standard InChI is InChI=1S/C24H33N3O4/c1-6-31-24(29)18-8-7-13-26(15-18)23(28)22-17(4)27(25-21(22)14-16(2)3)19-9-11-20(30-5)12-10-19/h9-12,16,18H,6-8,13-15H2,1-5H3. The summed E-state index contributed by atoms with van der Waals surface area (Å²) >= 11 is 0. The number of hydrogen-bond acceptors (Lipinski definition) is 5. The molecule has 7 heteroatoms. The maximum atomic E-state index is 13.6. The molecular weight excluding hydrogens is 394 g/mol. The minimum Gasteiger partial charge on any atom is -0.497 e. The number of methoxy groups -OCH3 is 1. The molecule has 0 saturated carbocycles. The Morgan fingerprint density at radius 2 is 1.94 bits per heavy atom. The van der Waals surface area contributed by atoms with E-state index in [0.717, 1.165) is 35.7 Å². The predicted molar refractivity (Wildman–Crippen MR) is 119 cm³/mol. The average molecular weight is 428 g/mol. The van der Waals surface area contributed by atoms with E-state index >= 15 is 0 Å². The van der Waals surface area contributed by atoms with Gasteiger partial charge in [0.05, 0.1) is 42.3 Å². The highest BCUT2D eigenvalue weighted by Crippen LogP contribution is 2.26. The fraction of sp³-hybridized carbons (Fsp3) is 0.542. The molecule has 1 aromatic heterocycles. The Bertz CT molecular complexity index is 918. The first kappa shape index (κ1) is 22.8. The predicted octanol–water partition coefficient (Wildman–Crippen LogP) is 3.80. The van der Waals surface area contributed by atoms with Gasteiger partial charge >= 0.3 is 5.97 Å². The number of aromatic nitrogens is 2. The topological polar surface area (TPSA) is 73.7 Å². The van der Waals surface area contributed by atoms with E-state index in [-0.39, 0.29) is 17.8 Å². The van der Waals surface area contributed by atoms with Crippen LogP contribution in [0.25, 0.3) is 5.69 Å². The van der Waals surface area contributed by atoms with Gasteiger partial charge in [-0.1, -0.05) is 13.8 Å². The maximum Gasteiger partial charge on any atom is 0.310 e. The van der Waals surface area contributed by atoms with Crippen LogP contribution in [0.3, 0.4) is 0 Å². The number of carbonyl (C=O) groups excluding carboxylic acids is 2. The van der Waals surface area contributed by atoms with Gasteiger partial charge in [-0.15, -0.1) is 0 Å². The highest BCUT2D eigenvalue weighted by molar-refractivity contribution is 5.97. The molecule has 1 unspecified atom stereocenters. The third-order valence-corrected chi connectivity index (χ3v) is 5.65. The first-order valence-corrected chi connectivity index (χ1v) is 11.0. The van der Waals surface area contributed by atoms with Gasteiger partial charge in [0.1, 0.15) is 5.75 Å². The van der Waals surface area contributed by atoms with Crippen molar-refractivity contribution in [2.45, 2.75) is 47.0 Å². The number of benzene rings is 1. The van der Waals surface area contributed by atoms with Crippen LogP contribution in [0.4, 0.5) is 0 Å². The zero-order valence-electron chi connectivity index (χ0n) is 19.2. The lowest BCUT2D eigenvalue weighted by atomic mass is 9.96. The van der Waals surface area contributed by atoms with Crippen LogP contribution in [0.2, 0.25) is 0 Å². The van der Waals surface area contributed by atoms with E-state index in [4.69, 9.17) is 14.6 Å². The van der Waals surface area contributed by atoms with E-state index in [2.05, 4.69) is 13.8 Å². The molecule has 0 bridgehead atoms. The summed E-state index contributed by atoms with van der Waals surface area (Å²) in [6, 6.07) is 7.64. The van der Waals surface area contributed by atoms with Gasteiger partial charge in [-0.2, -0.15) is 5.10 Å². The van der Waals surface area contributed by atoms with E-state index in [0.29, 0.717) is 37.6 Å². The molecule has 2 aromatic rings. The van der Waals surface area contributed by atoms with Crippen LogP contribution in [0, 0.1) is 18.8 Å². The van der Waals surface area contributed by atoms with Gasteiger partial charge in [-0.25, -0.2) is 4.68 Å². The van der Waals surface area contributed by atoms with Gasteiger partial charge in [0.15, 0.2) is 0 Å². The second-order valence-electron chi connectivity index (χ2n) is 8.46. The first-order valence-electron chi connectivity index (χ1n) is 11.0. The summed E-state index contributed by atoms with van der Waals surface area (Å²) in [6.45, 7) is 9.37. The molecule has 0 aliphatic carbocycles. The Morgan fingerprint density at radius 3 is 2.55 bits per heavy atom. The Kier molecular flexibility index (Phi) is 7.36. The monoisotopic (exact) mass is 427 g/mol. The maximum absolute atomic E-state index is 13.6. The van der Waals surface area contributed by atoms with Crippen molar-refractivity contribution in [1.29, 1.82) is 0 Å². The van der Waals surface area contributed by atoms with E-state index in [1.807, 2.05) is 35.9 Å². The summed E-state index contributed by atoms with van der Waals surface area (Å²) in [5.74, 6) is 0.600. The second kappa shape index (κ2) is 9.98. The van der Waals surface area contributed by atoms with Crippen LogP contribution >= 0.6 is 0 Å². The van der Waals surface area contributed by atoms with Crippen molar-refractivity contribution in [3.05, 3.63) is 41.2 Å². The van der Waals surface area contributed by atoms with Gasteiger partial charge in [-0.3, -0.25) is 9.59 Å². The number of likely N-dealkylation sites (tertiary alicyclic amines) is 1. The van der Waals surface area contributed by atoms with Crippen molar-refractivity contribution in [3.8, 4) is 11.4 Å². The molecule has 3 rings (SSSR count). The minimum atomic E-state index is -0.261. The van der Waals surface area contributed by atoms with Crippen molar-refractivity contribution < 1.29 is 19.1 Å². The largest absolute Gasteiger partial charge is 0.497 e. The molecule has 0 N–H and O–H groups in total. The normalized spacial score (nSPS) is 16.5. The number of carbonyl (C=O) groups is 2. The number of esters is 1. The highest BCUT2D eigenvalue weighted by atomic mass is 16.5. The molecule has 0 spiro atoms. The van der Waals surface area contributed by atoms with Crippen LogP contribution in [0.15, 0.2) is 24.3 Å². The van der Waals surface area contributed by atoms with E-state index in [1.54, 1.807) is 18.9 Å². The average Bonchev–Trinajstić information content (AvgIpc) is 3.08. The van der Waals surface area contributed by atoms with E-state index in [1.165, 1.54) is 0 Å². The quantitative estimate of drug-likeness (QED) is 0.629. The molecular formula is C24H33N3O4. The molecule has 0 radical (unpaired) electrons. The van der Waals surface area contributed by atoms with Crippen LogP contribution in [0.5, 0.6) is 5.75 Å². The van der Waals surface area contributed by atoms with Crippen molar-refractivity contribution in [2.24, 2.45) is 11.8 Å². The summed E-state index contributed by atoms with van der Waals surface area (Å²) in [6.07, 6.45) is 2.26. The SMILES string of the molecule is CCOC(=O)C1CCCN(C(=O)c2c(CC(C)C)nn(-c3ccc(OC)cc3)c2C)C1. The number of amides is 1. The van der Waals surface area contributed by atoms with Crippen molar-refractivity contribution in [1.82, 2.24) is 14.7 Å². The smallest absolute Gasteiger partial charge is 0.310 e. The minimum absolute atomic E-state index is 0.0538. The lowest BCUT2D eigenvalue weighted by Crippen LogP contribution is -2.43. The number of nitrogens with zero attached hydrogens (tertiary/aromatic N) is 3. The van der Waals surface area contributed by atoms with E-state index < -0.39 is 0 Å². The van der Waals surface area contributed by atoms with Crippen LogP contribution in [-0.2, 0) is 16.0 Å². The lowest BCUT2D eigenvalue weighted by Gasteiger charge is -2.31. The molecule has 168 valence electrons. The molecule has 1 aliphatic rings. The first-order chi connectivity index (χ1) is 14.8. The third kappa shape index (κ3) is 5.09. The van der Waals surface area contributed by atoms with Gasteiger partial charge in [0, 0.05) is 13.1 Å². The zero-order valence-corrected chi connectivity index (χ0v) is 19.2. The van der Waals surface area contributed by atoms with Crippen LogP contribution in [-0.4, -0.2) is 53.4 Å². The molecule has 1 saturated heterocycles. The third-order valence-electron chi connectivity index (χ3n) is 5.65. The lowest BCUT2D eigenvalue weighted by molar-refractivity contribution is -0.149. The molecule has 1 fully saturated rings. The highest BCUT2D eigenvalue weighted by Gasteiger charge is 2.33. The number of rotatable bonds is 7. The Balaban J connectivity index is 1.93. The molecule has 1 amide bonds. The van der Waals surface area contributed by atoms with Crippen molar-refractivity contribution in [2.75, 3.05) is 26.8 Å². The fourth-order valence-electron chi connectivity index (χ4n) is 4.12. The number of piperidine rings is 1. The van der Waals surface area contributed by atoms with E-state index in [9.17, 15) is 9.59 Å². The number of hydrogen-bond donors (Lipinski definition) is 0. The summed E-state index contributed by atoms with van der Waals surface area (Å²) in [4.78, 5) is 27.6. The van der Waals surface area contributed by atoms with Gasteiger partial charge in [0.25, 0.3) is 5.91 Å². The Hall–Kier alpha value is -2.83. The molecule has 7 nitrogen and oxygen atoms in total. The fourth-order valence-corrected chi connectivity index (χ4v) is 4.12. The van der Waals surface area contributed by atoms with Crippen molar-refractivity contribution in [3.63, 3.8) is 0 Å². The molecule has 1 aliphatic heterocycles. The zero-order chi connectivity index (χ0) is 22.5. The van der Waals surface area contributed by atoms with Gasteiger partial charge in [0.2, 0.25) is 0 Å².